The first-order chi connectivity index (χ1) is 18.7. The van der Waals surface area contributed by atoms with Gasteiger partial charge in [0.2, 0.25) is 0 Å². The average molecular weight is 579 g/mol. The van der Waals surface area contributed by atoms with Crippen LogP contribution in [0.3, 0.4) is 0 Å². The summed E-state index contributed by atoms with van der Waals surface area (Å²) in [5.74, 6) is -1.05. The quantitative estimate of drug-likeness (QED) is 0.259. The predicted molar refractivity (Wildman–Crippen MR) is 161 cm³/mol. The van der Waals surface area contributed by atoms with Gasteiger partial charge in [0, 0.05) is 47.1 Å². The molecule has 0 saturated carbocycles. The standard InChI is InChI=1S/C31H44N2O7.H2O.2H2/c1-18(36)11-26(37)24(17-35)20(9-10-34)12-19-13-22-25(33(5)6)15-23(30(39)29(22)27(38)14-19)28-8-7-21(40-28)16-32-31(2,3)4;;;/h7-8,15,19-20,24,32,34-35,39H,9-14,16-17H2,1-6H3;1H2;2*1H. The van der Waals surface area contributed by atoms with Crippen LogP contribution in [0.25, 0.3) is 11.3 Å². The van der Waals surface area contributed by atoms with Gasteiger partial charge in [-0.05, 0) is 82.6 Å². The van der Waals surface area contributed by atoms with Gasteiger partial charge >= 0.3 is 0 Å². The number of hydrogen-bond acceptors (Lipinski definition) is 9. The fourth-order valence-electron chi connectivity index (χ4n) is 5.62. The number of nitrogens with zero attached hydrogens (tertiary/aromatic N) is 1. The largest absolute Gasteiger partial charge is 0.506 e. The zero-order valence-electron chi connectivity index (χ0n) is 25.0. The van der Waals surface area contributed by atoms with Gasteiger partial charge in [-0.1, -0.05) is 0 Å². The van der Waals surface area contributed by atoms with E-state index in [1.807, 2.05) is 31.1 Å². The highest BCUT2D eigenvalue weighted by Gasteiger charge is 2.36. The Balaban J connectivity index is 0.00000588. The third-order valence-electron chi connectivity index (χ3n) is 7.57. The lowest BCUT2D eigenvalue weighted by molar-refractivity contribution is -0.131. The molecule has 1 heterocycles. The summed E-state index contributed by atoms with van der Waals surface area (Å²) in [6.45, 7) is 7.46. The van der Waals surface area contributed by atoms with Gasteiger partial charge in [0.1, 0.15) is 28.8 Å². The van der Waals surface area contributed by atoms with Crippen LogP contribution < -0.4 is 10.2 Å². The van der Waals surface area contributed by atoms with Gasteiger partial charge in [0.15, 0.2) is 5.78 Å². The van der Waals surface area contributed by atoms with Crippen LogP contribution in [0.1, 0.15) is 77.9 Å². The van der Waals surface area contributed by atoms with E-state index in [1.54, 1.807) is 6.07 Å². The molecule has 0 radical (unpaired) electrons. The number of hydrogen-bond donors (Lipinski definition) is 4. The summed E-state index contributed by atoms with van der Waals surface area (Å²) >= 11 is 0. The number of aromatic hydroxyl groups is 1. The minimum absolute atomic E-state index is 0. The van der Waals surface area contributed by atoms with Gasteiger partial charge in [-0.25, -0.2) is 0 Å². The van der Waals surface area contributed by atoms with Crippen LogP contribution in [0.2, 0.25) is 0 Å². The third kappa shape index (κ3) is 8.48. The van der Waals surface area contributed by atoms with Crippen LogP contribution in [-0.4, -0.2) is 71.0 Å². The predicted octanol–water partition coefficient (Wildman–Crippen LogP) is 3.56. The molecular formula is C31H50N2O8. The Labute approximate surface area is 245 Å². The van der Waals surface area contributed by atoms with E-state index in [9.17, 15) is 29.7 Å². The van der Waals surface area contributed by atoms with Crippen molar-refractivity contribution in [3.05, 3.63) is 35.1 Å². The maximum absolute atomic E-state index is 13.5. The van der Waals surface area contributed by atoms with Crippen LogP contribution in [0.15, 0.2) is 22.6 Å². The molecule has 0 spiro atoms. The number of fused-ring (bicyclic) bond motifs is 1. The molecular weight excluding hydrogens is 528 g/mol. The van der Waals surface area contributed by atoms with Gasteiger partial charge in [-0.15, -0.1) is 0 Å². The number of carbonyl (C=O) groups is 3. The van der Waals surface area contributed by atoms with E-state index in [-0.39, 0.29) is 80.2 Å². The molecule has 6 N–H and O–H groups in total. The maximum Gasteiger partial charge on any atom is 0.167 e. The molecule has 0 aliphatic heterocycles. The van der Waals surface area contributed by atoms with E-state index in [4.69, 9.17) is 4.42 Å². The van der Waals surface area contributed by atoms with Crippen molar-refractivity contribution >= 4 is 23.0 Å². The Kier molecular flexibility index (Phi) is 11.8. The number of phenols is 1. The Bertz CT molecular complexity index is 1240. The number of nitrogens with one attached hydrogen (secondary N) is 1. The van der Waals surface area contributed by atoms with Crippen molar-refractivity contribution in [2.24, 2.45) is 17.8 Å². The molecule has 3 rings (SSSR count). The molecule has 1 aliphatic rings. The number of benzene rings is 1. The van der Waals surface area contributed by atoms with Crippen molar-refractivity contribution in [2.75, 3.05) is 32.2 Å². The molecule has 3 atom stereocenters. The van der Waals surface area contributed by atoms with Crippen molar-refractivity contribution in [3.8, 4) is 17.1 Å². The Hall–Kier alpha value is -3.05. The summed E-state index contributed by atoms with van der Waals surface area (Å²) in [6, 6.07) is 5.48. The summed E-state index contributed by atoms with van der Waals surface area (Å²) in [7, 11) is 3.75. The van der Waals surface area contributed by atoms with E-state index in [0.717, 1.165) is 11.3 Å². The normalized spacial score (nSPS) is 16.5. The third-order valence-corrected chi connectivity index (χ3v) is 7.57. The summed E-state index contributed by atoms with van der Waals surface area (Å²) < 4.78 is 6.04. The smallest absolute Gasteiger partial charge is 0.167 e. The van der Waals surface area contributed by atoms with Crippen LogP contribution in [-0.2, 0) is 22.6 Å². The van der Waals surface area contributed by atoms with Gasteiger partial charge in [-0.3, -0.25) is 14.4 Å². The number of aliphatic hydroxyl groups excluding tert-OH is 2. The van der Waals surface area contributed by atoms with E-state index in [0.29, 0.717) is 36.5 Å². The van der Waals surface area contributed by atoms with Gasteiger partial charge in [0.05, 0.1) is 30.7 Å². The fourth-order valence-corrected chi connectivity index (χ4v) is 5.62. The maximum atomic E-state index is 13.5. The highest BCUT2D eigenvalue weighted by atomic mass is 16.3. The first kappa shape index (κ1) is 34.2. The first-order valence-corrected chi connectivity index (χ1v) is 13.9. The Morgan fingerprint density at radius 1 is 1.20 bits per heavy atom. The van der Waals surface area contributed by atoms with Gasteiger partial charge in [-0.2, -0.15) is 0 Å². The number of phenolic OH excluding ortho intramolecular Hbond substituents is 1. The van der Waals surface area contributed by atoms with E-state index in [1.165, 1.54) is 6.92 Å². The number of Topliss-reactive ketones (excluding diaryl/α,β-unsaturated/α-hetero) is 3. The second-order valence-corrected chi connectivity index (χ2v) is 12.2. The summed E-state index contributed by atoms with van der Waals surface area (Å²) in [5, 5.41) is 34.3. The number of ketones is 3. The lowest BCUT2D eigenvalue weighted by atomic mass is 9.73. The zero-order chi connectivity index (χ0) is 29.8. The van der Waals surface area contributed by atoms with Crippen LogP contribution in [0.4, 0.5) is 5.69 Å². The highest BCUT2D eigenvalue weighted by molar-refractivity contribution is 6.05. The summed E-state index contributed by atoms with van der Waals surface area (Å²) in [5.41, 5.74) is 2.16. The minimum Gasteiger partial charge on any atom is -0.506 e. The van der Waals surface area contributed by atoms with Crippen LogP contribution in [0.5, 0.6) is 5.75 Å². The molecule has 0 amide bonds. The zero-order valence-corrected chi connectivity index (χ0v) is 25.0. The van der Waals surface area contributed by atoms with Crippen LogP contribution >= 0.6 is 0 Å². The average Bonchev–Trinajstić information content (AvgIpc) is 3.31. The Morgan fingerprint density at radius 2 is 1.88 bits per heavy atom. The molecule has 232 valence electrons. The molecule has 0 bridgehead atoms. The molecule has 1 aromatic heterocycles. The Morgan fingerprint density at radius 3 is 2.44 bits per heavy atom. The monoisotopic (exact) mass is 578 g/mol. The van der Waals surface area contributed by atoms with Crippen molar-refractivity contribution in [1.29, 1.82) is 0 Å². The summed E-state index contributed by atoms with van der Waals surface area (Å²) in [6.07, 6.45) is 1.10. The summed E-state index contributed by atoms with van der Waals surface area (Å²) in [4.78, 5) is 39.6. The molecule has 41 heavy (non-hydrogen) atoms. The van der Waals surface area contributed by atoms with E-state index >= 15 is 0 Å². The number of furan rings is 1. The van der Waals surface area contributed by atoms with E-state index in [2.05, 4.69) is 26.1 Å². The topological polar surface area (TPSA) is 172 Å². The first-order valence-electron chi connectivity index (χ1n) is 13.9. The molecule has 10 nitrogen and oxygen atoms in total. The van der Waals surface area contributed by atoms with Gasteiger partial charge in [0.25, 0.3) is 0 Å². The molecule has 0 fully saturated rings. The number of carbonyl (C=O) groups excluding carboxylic acids is 3. The lowest BCUT2D eigenvalue weighted by Crippen LogP contribution is -2.34. The minimum atomic E-state index is -0.780. The number of anilines is 1. The fraction of sp³-hybridized carbons (Fsp3) is 0.581. The SMILES string of the molecule is CC(=O)CC(=O)C(CO)C(CCO)CC1CC(=O)c2c(O)c(-c3ccc(CNC(C)(C)C)o3)cc(N(C)C)c2C1.O.[HH].[HH]. The molecule has 0 saturated heterocycles. The second-order valence-electron chi connectivity index (χ2n) is 12.2. The lowest BCUT2D eigenvalue weighted by Gasteiger charge is -2.33. The van der Waals surface area contributed by atoms with Crippen molar-refractivity contribution in [3.63, 3.8) is 0 Å². The highest BCUT2D eigenvalue weighted by Crippen LogP contribution is 2.45. The van der Waals surface area contributed by atoms with Crippen LogP contribution in [0, 0.1) is 17.8 Å². The van der Waals surface area contributed by atoms with Crippen molar-refractivity contribution < 1.29 is 42.4 Å². The molecule has 10 heteroatoms. The van der Waals surface area contributed by atoms with E-state index < -0.39 is 12.5 Å². The number of aliphatic hydroxyl groups is 2. The molecule has 2 aromatic rings. The van der Waals surface area contributed by atoms with Gasteiger partial charge < -0.3 is 35.4 Å². The van der Waals surface area contributed by atoms with Crippen molar-refractivity contribution in [2.45, 2.75) is 71.9 Å². The second kappa shape index (κ2) is 14.2. The molecule has 1 aliphatic carbocycles. The molecule has 1 aromatic carbocycles. The molecule has 3 unspecified atom stereocenters. The van der Waals surface area contributed by atoms with Crippen molar-refractivity contribution in [1.82, 2.24) is 5.32 Å². The number of rotatable bonds is 13.